The third-order valence-corrected chi connectivity index (χ3v) is 3.25. The smallest absolute Gasteiger partial charge is 0.242 e. The Bertz CT molecular complexity index is 445. The minimum absolute atomic E-state index is 0.220. The molecule has 3 N–H and O–H groups in total. The summed E-state index contributed by atoms with van der Waals surface area (Å²) in [5, 5.41) is 3.27. The Hall–Kier alpha value is -1.56. The molecule has 20 heavy (non-hydrogen) atoms. The van der Waals surface area contributed by atoms with Gasteiger partial charge in [0.05, 0.1) is 12.7 Å². The van der Waals surface area contributed by atoms with Crippen LogP contribution in [0.2, 0.25) is 0 Å². The highest BCUT2D eigenvalue weighted by atomic mass is 16.5. The number of nitrogens with one attached hydrogen (secondary N) is 1. The fourth-order valence-corrected chi connectivity index (χ4v) is 2.12. The maximum absolute atomic E-state index is 6.07. The standard InChI is InChI=1S/C14H24N4O2/c1-4-19-14-11(15)13(17-12(18-14)9(2)3)16-8-10-6-5-7-20-10/h9-10H,4-8,15H2,1-3H3,(H,16,17,18). The van der Waals surface area contributed by atoms with Gasteiger partial charge < -0.3 is 20.5 Å². The van der Waals surface area contributed by atoms with Crippen LogP contribution in [0.15, 0.2) is 0 Å². The van der Waals surface area contributed by atoms with Crippen molar-refractivity contribution in [1.29, 1.82) is 0 Å². The van der Waals surface area contributed by atoms with Gasteiger partial charge in [-0.1, -0.05) is 13.8 Å². The molecular weight excluding hydrogens is 256 g/mol. The third kappa shape index (κ3) is 3.50. The highest BCUT2D eigenvalue weighted by Gasteiger charge is 2.18. The van der Waals surface area contributed by atoms with Crippen LogP contribution in [0.4, 0.5) is 11.5 Å². The molecule has 0 spiro atoms. The van der Waals surface area contributed by atoms with Crippen LogP contribution in [-0.4, -0.2) is 35.8 Å². The van der Waals surface area contributed by atoms with Crippen LogP contribution in [-0.2, 0) is 4.74 Å². The van der Waals surface area contributed by atoms with Crippen molar-refractivity contribution in [2.45, 2.75) is 45.6 Å². The Labute approximate surface area is 120 Å². The molecule has 0 bridgehead atoms. The van der Waals surface area contributed by atoms with Gasteiger partial charge in [-0.3, -0.25) is 0 Å². The first-order chi connectivity index (χ1) is 9.61. The fourth-order valence-electron chi connectivity index (χ4n) is 2.12. The van der Waals surface area contributed by atoms with E-state index in [2.05, 4.69) is 15.3 Å². The molecular formula is C14H24N4O2. The molecule has 1 aromatic heterocycles. The predicted octanol–water partition coefficient (Wildman–Crippen LogP) is 2.17. The molecule has 0 aliphatic carbocycles. The maximum atomic E-state index is 6.07. The summed E-state index contributed by atoms with van der Waals surface area (Å²) in [6.45, 7) is 8.09. The minimum atomic E-state index is 0.220. The molecule has 1 fully saturated rings. The largest absolute Gasteiger partial charge is 0.476 e. The monoisotopic (exact) mass is 280 g/mol. The van der Waals surface area contributed by atoms with Gasteiger partial charge in [0, 0.05) is 19.1 Å². The lowest BCUT2D eigenvalue weighted by molar-refractivity contribution is 0.120. The average molecular weight is 280 g/mol. The summed E-state index contributed by atoms with van der Waals surface area (Å²) in [7, 11) is 0. The molecule has 1 saturated heterocycles. The van der Waals surface area contributed by atoms with Gasteiger partial charge in [-0.2, -0.15) is 4.98 Å². The SMILES string of the molecule is CCOc1nc(C(C)C)nc(NCC2CCCO2)c1N. The van der Waals surface area contributed by atoms with Gasteiger partial charge in [0.25, 0.3) is 0 Å². The van der Waals surface area contributed by atoms with Crippen molar-refractivity contribution in [3.63, 3.8) is 0 Å². The number of nitrogen functional groups attached to an aromatic ring is 1. The van der Waals surface area contributed by atoms with Gasteiger partial charge in [0.2, 0.25) is 5.88 Å². The number of aromatic nitrogens is 2. The molecule has 6 nitrogen and oxygen atoms in total. The Balaban J connectivity index is 2.15. The van der Waals surface area contributed by atoms with Crippen molar-refractivity contribution in [3.8, 4) is 5.88 Å². The maximum Gasteiger partial charge on any atom is 0.242 e. The zero-order valence-corrected chi connectivity index (χ0v) is 12.5. The molecule has 1 aliphatic rings. The number of nitrogens with two attached hydrogens (primary N) is 1. The van der Waals surface area contributed by atoms with Crippen molar-refractivity contribution in [2.24, 2.45) is 0 Å². The number of anilines is 2. The normalized spacial score (nSPS) is 18.5. The van der Waals surface area contributed by atoms with Crippen molar-refractivity contribution < 1.29 is 9.47 Å². The molecule has 1 unspecified atom stereocenters. The van der Waals surface area contributed by atoms with Gasteiger partial charge >= 0.3 is 0 Å². The van der Waals surface area contributed by atoms with Crippen LogP contribution in [0.25, 0.3) is 0 Å². The van der Waals surface area contributed by atoms with E-state index < -0.39 is 0 Å². The highest BCUT2D eigenvalue weighted by Crippen LogP contribution is 2.28. The summed E-state index contributed by atoms with van der Waals surface area (Å²) < 4.78 is 11.1. The molecule has 0 aromatic carbocycles. The first-order valence-electron chi connectivity index (χ1n) is 7.27. The van der Waals surface area contributed by atoms with Crippen molar-refractivity contribution >= 4 is 11.5 Å². The summed E-state index contributed by atoms with van der Waals surface area (Å²) in [5.41, 5.74) is 6.54. The van der Waals surface area contributed by atoms with E-state index in [4.69, 9.17) is 15.2 Å². The molecule has 1 aliphatic heterocycles. The molecule has 0 radical (unpaired) electrons. The lowest BCUT2D eigenvalue weighted by atomic mass is 10.2. The van der Waals surface area contributed by atoms with Gasteiger partial charge in [-0.05, 0) is 19.8 Å². The molecule has 1 aromatic rings. The number of hydrogen-bond acceptors (Lipinski definition) is 6. The van der Waals surface area contributed by atoms with E-state index in [-0.39, 0.29) is 12.0 Å². The summed E-state index contributed by atoms with van der Waals surface area (Å²) in [5.74, 6) is 2.05. The van der Waals surface area contributed by atoms with Crippen molar-refractivity contribution in [3.05, 3.63) is 5.82 Å². The van der Waals surface area contributed by atoms with Crippen LogP contribution in [0, 0.1) is 0 Å². The summed E-state index contributed by atoms with van der Waals surface area (Å²) in [6, 6.07) is 0. The van der Waals surface area contributed by atoms with Crippen LogP contribution in [0.3, 0.4) is 0 Å². The zero-order chi connectivity index (χ0) is 14.5. The Kier molecular flexibility index (Phi) is 5.00. The van der Waals surface area contributed by atoms with E-state index in [1.807, 2.05) is 20.8 Å². The third-order valence-electron chi connectivity index (χ3n) is 3.25. The molecule has 0 amide bonds. The van der Waals surface area contributed by atoms with E-state index in [0.29, 0.717) is 30.5 Å². The zero-order valence-electron chi connectivity index (χ0n) is 12.5. The van der Waals surface area contributed by atoms with Crippen LogP contribution in [0.1, 0.15) is 45.4 Å². The second kappa shape index (κ2) is 6.74. The first-order valence-corrected chi connectivity index (χ1v) is 7.27. The average Bonchev–Trinajstić information content (AvgIpc) is 2.92. The van der Waals surface area contributed by atoms with E-state index in [9.17, 15) is 0 Å². The summed E-state index contributed by atoms with van der Waals surface area (Å²) >= 11 is 0. The van der Waals surface area contributed by atoms with E-state index >= 15 is 0 Å². The van der Waals surface area contributed by atoms with Crippen molar-refractivity contribution in [1.82, 2.24) is 9.97 Å². The second-order valence-electron chi connectivity index (χ2n) is 5.25. The topological polar surface area (TPSA) is 82.3 Å². The number of ether oxygens (including phenoxy) is 2. The van der Waals surface area contributed by atoms with Gasteiger partial charge in [-0.15, -0.1) is 0 Å². The lowest BCUT2D eigenvalue weighted by Gasteiger charge is -2.16. The van der Waals surface area contributed by atoms with Gasteiger partial charge in [0.15, 0.2) is 5.82 Å². The highest BCUT2D eigenvalue weighted by molar-refractivity contribution is 5.67. The molecule has 6 heteroatoms. The number of hydrogen-bond donors (Lipinski definition) is 2. The number of rotatable bonds is 6. The predicted molar refractivity (Wildman–Crippen MR) is 79.2 cm³/mol. The number of nitrogens with zero attached hydrogens (tertiary/aromatic N) is 2. The van der Waals surface area contributed by atoms with Crippen LogP contribution < -0.4 is 15.8 Å². The molecule has 0 saturated carbocycles. The van der Waals surface area contributed by atoms with E-state index in [1.165, 1.54) is 0 Å². The summed E-state index contributed by atoms with van der Waals surface area (Å²) in [4.78, 5) is 8.87. The van der Waals surface area contributed by atoms with Gasteiger partial charge in [0.1, 0.15) is 11.5 Å². The van der Waals surface area contributed by atoms with Crippen LogP contribution >= 0.6 is 0 Å². The molecule has 1 atom stereocenters. The fraction of sp³-hybridized carbons (Fsp3) is 0.714. The first kappa shape index (κ1) is 14.8. The molecule has 112 valence electrons. The quantitative estimate of drug-likeness (QED) is 0.831. The minimum Gasteiger partial charge on any atom is -0.476 e. The lowest BCUT2D eigenvalue weighted by Crippen LogP contribution is -2.20. The Morgan fingerprint density at radius 1 is 1.45 bits per heavy atom. The van der Waals surface area contributed by atoms with Gasteiger partial charge in [-0.25, -0.2) is 4.98 Å². The Morgan fingerprint density at radius 3 is 2.85 bits per heavy atom. The second-order valence-corrected chi connectivity index (χ2v) is 5.25. The Morgan fingerprint density at radius 2 is 2.25 bits per heavy atom. The summed E-state index contributed by atoms with van der Waals surface area (Å²) in [6.07, 6.45) is 2.43. The molecule has 2 heterocycles. The van der Waals surface area contributed by atoms with E-state index in [0.717, 1.165) is 25.3 Å². The van der Waals surface area contributed by atoms with Crippen molar-refractivity contribution in [2.75, 3.05) is 30.8 Å². The molecule has 2 rings (SSSR count). The van der Waals surface area contributed by atoms with E-state index in [1.54, 1.807) is 0 Å². The van der Waals surface area contributed by atoms with Crippen LogP contribution in [0.5, 0.6) is 5.88 Å².